The summed E-state index contributed by atoms with van der Waals surface area (Å²) in [6.45, 7) is 1.39. The maximum atomic E-state index is 11.5. The number of hydrogen-bond donors (Lipinski definition) is 1. The molecule has 0 aromatic carbocycles. The minimum atomic E-state index is -0.969. The van der Waals surface area contributed by atoms with Gasteiger partial charge in [-0.05, 0) is 13.0 Å². The molecule has 0 radical (unpaired) electrons. The van der Waals surface area contributed by atoms with Gasteiger partial charge in [-0.2, -0.15) is 0 Å². The lowest BCUT2D eigenvalue weighted by Gasteiger charge is -1.96. The summed E-state index contributed by atoms with van der Waals surface area (Å²) in [5.74, 6) is -2.20. The molecule has 0 aromatic rings. The van der Waals surface area contributed by atoms with Crippen molar-refractivity contribution < 1.29 is 24.2 Å². The van der Waals surface area contributed by atoms with Gasteiger partial charge in [0.05, 0.1) is 0 Å². The Labute approximate surface area is 67.8 Å². The topological polar surface area (TPSA) is 63.6 Å². The van der Waals surface area contributed by atoms with Crippen molar-refractivity contribution in [3.05, 3.63) is 23.7 Å². The quantitative estimate of drug-likeness (QED) is 0.227. The molecule has 0 aliphatic rings. The molecule has 66 valence electrons. The molecule has 0 saturated carbocycles. The van der Waals surface area contributed by atoms with E-state index in [4.69, 9.17) is 5.11 Å². The normalized spacial score (nSPS) is 12.5. The smallest absolute Gasteiger partial charge is 0.222 e. The SMILES string of the molecule is C/C=C(/OF)C(O)=CC(=O)C=O. The van der Waals surface area contributed by atoms with Crippen LogP contribution < -0.4 is 0 Å². The molecular formula is C7H7FO4. The van der Waals surface area contributed by atoms with Gasteiger partial charge in [-0.15, -0.1) is 0 Å². The standard InChI is InChI=1S/C7H7FO4/c1-2-7(12-8)6(11)3-5(10)4-9/h2-4,11H,1H3/b6-3?,7-2+. The summed E-state index contributed by atoms with van der Waals surface area (Å²) in [4.78, 5) is 23.3. The molecule has 0 spiro atoms. The molecule has 5 heteroatoms. The highest BCUT2D eigenvalue weighted by molar-refractivity contribution is 6.30. The molecule has 0 amide bonds. The monoisotopic (exact) mass is 174 g/mol. The molecule has 12 heavy (non-hydrogen) atoms. The van der Waals surface area contributed by atoms with Crippen LogP contribution in [-0.4, -0.2) is 17.2 Å². The summed E-state index contributed by atoms with van der Waals surface area (Å²) in [6.07, 6.45) is 1.65. The first-order valence-corrected chi connectivity index (χ1v) is 3.00. The van der Waals surface area contributed by atoms with Crippen LogP contribution in [0.4, 0.5) is 4.53 Å². The van der Waals surface area contributed by atoms with Crippen molar-refractivity contribution in [3.8, 4) is 0 Å². The Morgan fingerprint density at radius 2 is 2.17 bits per heavy atom. The van der Waals surface area contributed by atoms with Crippen molar-refractivity contribution in [1.82, 2.24) is 0 Å². The van der Waals surface area contributed by atoms with Gasteiger partial charge < -0.3 is 5.11 Å². The third-order valence-electron chi connectivity index (χ3n) is 0.993. The molecule has 0 bridgehead atoms. The van der Waals surface area contributed by atoms with E-state index in [1.54, 1.807) is 0 Å². The first-order valence-electron chi connectivity index (χ1n) is 3.00. The number of ketones is 1. The van der Waals surface area contributed by atoms with E-state index in [2.05, 4.69) is 4.94 Å². The Bertz CT molecular complexity index is 242. The number of aldehydes is 1. The Balaban J connectivity index is 4.56. The van der Waals surface area contributed by atoms with Crippen LogP contribution in [0.2, 0.25) is 0 Å². The van der Waals surface area contributed by atoms with Gasteiger partial charge in [-0.3, -0.25) is 14.5 Å². The van der Waals surface area contributed by atoms with Crippen LogP contribution in [0.5, 0.6) is 0 Å². The fourth-order valence-electron chi connectivity index (χ4n) is 0.472. The third kappa shape index (κ3) is 2.96. The van der Waals surface area contributed by atoms with E-state index >= 15 is 0 Å². The van der Waals surface area contributed by atoms with E-state index < -0.39 is 17.3 Å². The van der Waals surface area contributed by atoms with Crippen LogP contribution in [0, 0.1) is 0 Å². The van der Waals surface area contributed by atoms with Crippen LogP contribution in [0.15, 0.2) is 23.7 Å². The Morgan fingerprint density at radius 1 is 1.58 bits per heavy atom. The molecule has 0 heterocycles. The fraction of sp³-hybridized carbons (Fsp3) is 0.143. The van der Waals surface area contributed by atoms with Gasteiger partial charge in [-0.1, -0.05) is 0 Å². The molecule has 0 aliphatic heterocycles. The second-order valence-electron chi connectivity index (χ2n) is 1.78. The second kappa shape index (κ2) is 5.06. The Kier molecular flexibility index (Phi) is 4.36. The van der Waals surface area contributed by atoms with Crippen molar-refractivity contribution in [2.24, 2.45) is 0 Å². The molecular weight excluding hydrogens is 167 g/mol. The lowest BCUT2D eigenvalue weighted by atomic mass is 10.3. The van der Waals surface area contributed by atoms with Crippen LogP contribution >= 0.6 is 0 Å². The van der Waals surface area contributed by atoms with Crippen LogP contribution in [0.1, 0.15) is 6.92 Å². The summed E-state index contributed by atoms with van der Waals surface area (Å²) in [5.41, 5.74) is 0. The highest BCUT2D eigenvalue weighted by Crippen LogP contribution is 2.07. The van der Waals surface area contributed by atoms with Gasteiger partial charge in [0.25, 0.3) is 0 Å². The predicted molar refractivity (Wildman–Crippen MR) is 37.7 cm³/mol. The van der Waals surface area contributed by atoms with Gasteiger partial charge in [0.15, 0.2) is 12.0 Å². The average Bonchev–Trinajstić information content (AvgIpc) is 2.06. The highest BCUT2D eigenvalue weighted by Gasteiger charge is 2.06. The lowest BCUT2D eigenvalue weighted by Crippen LogP contribution is -1.97. The predicted octanol–water partition coefficient (Wildman–Crippen LogP) is 1.00. The number of carbonyl (C=O) groups is 2. The molecule has 0 unspecified atom stereocenters. The number of hydrogen-bond acceptors (Lipinski definition) is 4. The van der Waals surface area contributed by atoms with Gasteiger partial charge in [0.2, 0.25) is 11.5 Å². The summed E-state index contributed by atoms with van der Waals surface area (Å²) >= 11 is 0. The van der Waals surface area contributed by atoms with Crippen molar-refractivity contribution >= 4 is 12.1 Å². The average molecular weight is 174 g/mol. The molecule has 0 aliphatic carbocycles. The minimum absolute atomic E-state index is 0.0122. The maximum Gasteiger partial charge on any atom is 0.222 e. The molecule has 0 fully saturated rings. The number of halogens is 1. The summed E-state index contributed by atoms with van der Waals surface area (Å²) in [6, 6.07) is 0. The van der Waals surface area contributed by atoms with Gasteiger partial charge >= 0.3 is 0 Å². The van der Waals surface area contributed by atoms with E-state index in [0.717, 1.165) is 6.08 Å². The van der Waals surface area contributed by atoms with E-state index in [1.807, 2.05) is 0 Å². The third-order valence-corrected chi connectivity index (χ3v) is 0.993. The summed E-state index contributed by atoms with van der Waals surface area (Å²) < 4.78 is 11.5. The second-order valence-corrected chi connectivity index (χ2v) is 1.78. The Morgan fingerprint density at radius 3 is 2.50 bits per heavy atom. The zero-order valence-corrected chi connectivity index (χ0v) is 6.28. The number of carbonyl (C=O) groups excluding carboxylic acids is 2. The number of aliphatic hydroxyl groups is 1. The van der Waals surface area contributed by atoms with E-state index in [9.17, 15) is 14.1 Å². The summed E-state index contributed by atoms with van der Waals surface area (Å²) in [7, 11) is 0. The van der Waals surface area contributed by atoms with Gasteiger partial charge in [0.1, 0.15) is 0 Å². The van der Waals surface area contributed by atoms with Gasteiger partial charge in [-0.25, -0.2) is 0 Å². The maximum absolute atomic E-state index is 11.5. The summed E-state index contributed by atoms with van der Waals surface area (Å²) in [5, 5.41) is 8.86. The molecule has 4 nitrogen and oxygen atoms in total. The highest BCUT2D eigenvalue weighted by atomic mass is 19.3. The number of allylic oxidation sites excluding steroid dienone is 2. The molecule has 1 N–H and O–H groups in total. The number of rotatable bonds is 4. The van der Waals surface area contributed by atoms with Crippen molar-refractivity contribution in [2.45, 2.75) is 6.92 Å². The van der Waals surface area contributed by atoms with Crippen molar-refractivity contribution in [3.63, 3.8) is 0 Å². The molecule has 0 saturated heterocycles. The molecule has 0 atom stereocenters. The minimum Gasteiger partial charge on any atom is -0.504 e. The molecule has 0 aromatic heterocycles. The fourth-order valence-corrected chi connectivity index (χ4v) is 0.472. The first-order chi connectivity index (χ1) is 5.65. The number of aliphatic hydroxyl groups excluding tert-OH is 1. The lowest BCUT2D eigenvalue weighted by molar-refractivity contribution is -0.127. The first kappa shape index (κ1) is 10.3. The van der Waals surface area contributed by atoms with E-state index in [1.165, 1.54) is 6.92 Å². The van der Waals surface area contributed by atoms with Crippen LogP contribution in [0.3, 0.4) is 0 Å². The van der Waals surface area contributed by atoms with Crippen molar-refractivity contribution in [2.75, 3.05) is 0 Å². The van der Waals surface area contributed by atoms with Crippen LogP contribution in [0.25, 0.3) is 0 Å². The largest absolute Gasteiger partial charge is 0.504 e. The van der Waals surface area contributed by atoms with E-state index in [0.29, 0.717) is 6.08 Å². The van der Waals surface area contributed by atoms with E-state index in [-0.39, 0.29) is 6.29 Å². The molecule has 0 rings (SSSR count). The zero-order valence-electron chi connectivity index (χ0n) is 6.28. The van der Waals surface area contributed by atoms with Gasteiger partial charge in [0, 0.05) is 10.6 Å². The van der Waals surface area contributed by atoms with Crippen molar-refractivity contribution in [1.29, 1.82) is 0 Å². The van der Waals surface area contributed by atoms with Crippen LogP contribution in [-0.2, 0) is 14.5 Å². The Hall–Kier alpha value is -1.65. The zero-order chi connectivity index (χ0) is 9.56.